The topological polar surface area (TPSA) is 25.0 Å². The zero-order valence-corrected chi connectivity index (χ0v) is 12.1. The van der Waals surface area contributed by atoms with Crippen molar-refractivity contribution in [1.29, 1.82) is 0 Å². The second kappa shape index (κ2) is 4.97. The molecule has 0 atom stereocenters. The molecule has 0 aliphatic carbocycles. The molecular formula is C14H27N5. The number of nitrogens with one attached hydrogen (secondary N) is 1. The first-order valence-corrected chi connectivity index (χ1v) is 7.91. The lowest BCUT2D eigenvalue weighted by Gasteiger charge is -2.57. The van der Waals surface area contributed by atoms with Crippen LogP contribution in [0.25, 0.3) is 0 Å². The van der Waals surface area contributed by atoms with E-state index in [1.165, 1.54) is 65.4 Å². The highest BCUT2D eigenvalue weighted by Crippen LogP contribution is 2.26. The quantitative estimate of drug-likeness (QED) is 0.675. The van der Waals surface area contributed by atoms with Crippen LogP contribution in [0.15, 0.2) is 0 Å². The van der Waals surface area contributed by atoms with Gasteiger partial charge in [-0.25, -0.2) is 0 Å². The van der Waals surface area contributed by atoms with Crippen LogP contribution in [-0.2, 0) is 0 Å². The van der Waals surface area contributed by atoms with Crippen LogP contribution in [0.5, 0.6) is 0 Å². The molecule has 0 unspecified atom stereocenters. The molecule has 4 aliphatic heterocycles. The average Bonchev–Trinajstić information content (AvgIpc) is 2.23. The first-order chi connectivity index (χ1) is 9.29. The van der Waals surface area contributed by atoms with Gasteiger partial charge in [0.15, 0.2) is 0 Å². The summed E-state index contributed by atoms with van der Waals surface area (Å²) in [6, 6.07) is 2.57. The van der Waals surface area contributed by atoms with E-state index in [4.69, 9.17) is 0 Å². The second-order valence-electron chi connectivity index (χ2n) is 6.87. The van der Waals surface area contributed by atoms with E-state index >= 15 is 0 Å². The summed E-state index contributed by atoms with van der Waals surface area (Å²) < 4.78 is 0. The van der Waals surface area contributed by atoms with E-state index in [1.807, 2.05) is 0 Å². The molecule has 5 nitrogen and oxygen atoms in total. The number of hydrogen-bond donors (Lipinski definition) is 1. The van der Waals surface area contributed by atoms with Crippen LogP contribution in [0.1, 0.15) is 0 Å². The molecule has 4 heterocycles. The molecule has 4 aliphatic rings. The van der Waals surface area contributed by atoms with Crippen molar-refractivity contribution in [1.82, 2.24) is 24.9 Å². The maximum atomic E-state index is 3.37. The van der Waals surface area contributed by atoms with Crippen molar-refractivity contribution in [3.05, 3.63) is 0 Å². The van der Waals surface area contributed by atoms with E-state index in [2.05, 4.69) is 32.0 Å². The predicted octanol–water partition coefficient (Wildman–Crippen LogP) is -1.43. The number of rotatable bonds is 3. The van der Waals surface area contributed by atoms with Crippen molar-refractivity contribution in [3.63, 3.8) is 0 Å². The molecule has 4 saturated heterocycles. The Balaban J connectivity index is 1.17. The number of likely N-dealkylation sites (tertiary alicyclic amines) is 2. The third kappa shape index (κ3) is 2.32. The van der Waals surface area contributed by atoms with Crippen molar-refractivity contribution in [2.75, 3.05) is 72.5 Å². The molecule has 0 spiro atoms. The normalized spacial score (nSPS) is 33.9. The third-order valence-corrected chi connectivity index (χ3v) is 5.63. The highest BCUT2D eigenvalue weighted by atomic mass is 15.4. The minimum absolute atomic E-state index is 0.853. The maximum absolute atomic E-state index is 3.37. The van der Waals surface area contributed by atoms with Crippen LogP contribution in [0.2, 0.25) is 0 Å². The van der Waals surface area contributed by atoms with Gasteiger partial charge in [-0.2, -0.15) is 0 Å². The SMILES string of the molecule is CN1CCN(C2CN(C3CN(C4CNC4)C3)C2)CC1. The standard InChI is InChI=1S/C14H27N5/c1-16-2-4-17(5-3-16)13-8-19(9-13)14-10-18(11-14)12-6-15-7-12/h12-15H,2-11H2,1H3. The van der Waals surface area contributed by atoms with Crippen molar-refractivity contribution < 1.29 is 0 Å². The molecule has 4 fully saturated rings. The van der Waals surface area contributed by atoms with Gasteiger partial charge < -0.3 is 10.2 Å². The monoisotopic (exact) mass is 265 g/mol. The molecule has 108 valence electrons. The molecule has 0 aromatic heterocycles. The van der Waals surface area contributed by atoms with Crippen LogP contribution in [0.3, 0.4) is 0 Å². The summed E-state index contributed by atoms with van der Waals surface area (Å²) in [5, 5.41) is 3.37. The zero-order valence-electron chi connectivity index (χ0n) is 12.1. The fraction of sp³-hybridized carbons (Fsp3) is 1.00. The van der Waals surface area contributed by atoms with Gasteiger partial charge in [0.05, 0.1) is 0 Å². The van der Waals surface area contributed by atoms with Gasteiger partial charge in [-0.3, -0.25) is 14.7 Å². The molecule has 5 heteroatoms. The van der Waals surface area contributed by atoms with Gasteiger partial charge in [0.25, 0.3) is 0 Å². The first kappa shape index (κ1) is 12.5. The van der Waals surface area contributed by atoms with E-state index in [-0.39, 0.29) is 0 Å². The van der Waals surface area contributed by atoms with Gasteiger partial charge in [-0.1, -0.05) is 0 Å². The highest BCUT2D eigenvalue weighted by Gasteiger charge is 2.43. The van der Waals surface area contributed by atoms with Crippen LogP contribution < -0.4 is 5.32 Å². The number of likely N-dealkylation sites (N-methyl/N-ethyl adjacent to an activating group) is 1. The molecule has 4 rings (SSSR count). The Morgan fingerprint density at radius 1 is 0.684 bits per heavy atom. The van der Waals surface area contributed by atoms with Crippen molar-refractivity contribution in [3.8, 4) is 0 Å². The molecule has 0 amide bonds. The lowest BCUT2D eigenvalue weighted by atomic mass is 9.95. The second-order valence-corrected chi connectivity index (χ2v) is 6.87. The Morgan fingerprint density at radius 2 is 1.21 bits per heavy atom. The molecular weight excluding hydrogens is 238 g/mol. The lowest BCUT2D eigenvalue weighted by Crippen LogP contribution is -2.74. The summed E-state index contributed by atoms with van der Waals surface area (Å²) in [6.07, 6.45) is 0. The van der Waals surface area contributed by atoms with Gasteiger partial charge in [0.2, 0.25) is 0 Å². The van der Waals surface area contributed by atoms with Crippen LogP contribution in [-0.4, -0.2) is 110 Å². The molecule has 0 bridgehead atoms. The molecule has 0 aromatic rings. The van der Waals surface area contributed by atoms with E-state index in [1.54, 1.807) is 0 Å². The van der Waals surface area contributed by atoms with E-state index < -0.39 is 0 Å². The number of hydrogen-bond acceptors (Lipinski definition) is 5. The fourth-order valence-corrected chi connectivity index (χ4v) is 3.75. The van der Waals surface area contributed by atoms with E-state index in [9.17, 15) is 0 Å². The van der Waals surface area contributed by atoms with Crippen molar-refractivity contribution >= 4 is 0 Å². The maximum Gasteiger partial charge on any atom is 0.0352 e. The van der Waals surface area contributed by atoms with Crippen LogP contribution in [0.4, 0.5) is 0 Å². The highest BCUT2D eigenvalue weighted by molar-refractivity contribution is 5.01. The average molecular weight is 265 g/mol. The van der Waals surface area contributed by atoms with Gasteiger partial charge in [-0.05, 0) is 7.05 Å². The van der Waals surface area contributed by atoms with Gasteiger partial charge in [0.1, 0.15) is 0 Å². The Morgan fingerprint density at radius 3 is 1.74 bits per heavy atom. The van der Waals surface area contributed by atoms with Gasteiger partial charge in [-0.15, -0.1) is 0 Å². The van der Waals surface area contributed by atoms with E-state index in [0.717, 1.165) is 18.1 Å². The molecule has 0 aromatic carbocycles. The summed E-state index contributed by atoms with van der Waals surface area (Å²) in [4.78, 5) is 10.5. The summed E-state index contributed by atoms with van der Waals surface area (Å²) in [5.41, 5.74) is 0. The van der Waals surface area contributed by atoms with Crippen LogP contribution >= 0.6 is 0 Å². The summed E-state index contributed by atoms with van der Waals surface area (Å²) in [6.45, 7) is 12.8. The Labute approximate surface area is 116 Å². The lowest BCUT2D eigenvalue weighted by molar-refractivity contribution is -0.0749. The third-order valence-electron chi connectivity index (χ3n) is 5.63. The van der Waals surface area contributed by atoms with Crippen molar-refractivity contribution in [2.24, 2.45) is 0 Å². The fourth-order valence-electron chi connectivity index (χ4n) is 3.75. The van der Waals surface area contributed by atoms with Crippen molar-refractivity contribution in [2.45, 2.75) is 18.1 Å². The largest absolute Gasteiger partial charge is 0.314 e. The number of nitrogens with zero attached hydrogens (tertiary/aromatic N) is 4. The summed E-state index contributed by atoms with van der Waals surface area (Å²) in [7, 11) is 2.24. The predicted molar refractivity (Wildman–Crippen MR) is 76.4 cm³/mol. The van der Waals surface area contributed by atoms with E-state index in [0.29, 0.717) is 0 Å². The van der Waals surface area contributed by atoms with Gasteiger partial charge in [0, 0.05) is 83.6 Å². The molecule has 0 radical (unpaired) electrons. The van der Waals surface area contributed by atoms with Gasteiger partial charge >= 0.3 is 0 Å². The first-order valence-electron chi connectivity index (χ1n) is 7.91. The molecule has 1 N–H and O–H groups in total. The minimum atomic E-state index is 0.853. The number of piperazine rings is 1. The summed E-state index contributed by atoms with van der Waals surface area (Å²) >= 11 is 0. The Bertz CT molecular complexity index is 312. The molecule has 19 heavy (non-hydrogen) atoms. The molecule has 0 saturated carbocycles. The summed E-state index contributed by atoms with van der Waals surface area (Å²) in [5.74, 6) is 0. The Hall–Kier alpha value is -0.200. The zero-order chi connectivity index (χ0) is 12.8. The smallest absolute Gasteiger partial charge is 0.0352 e. The van der Waals surface area contributed by atoms with Crippen LogP contribution in [0, 0.1) is 0 Å². The Kier molecular flexibility index (Phi) is 3.28. The minimum Gasteiger partial charge on any atom is -0.314 e.